The fraction of sp³-hybridized carbons (Fsp3) is 0.125. The van der Waals surface area contributed by atoms with Crippen LogP contribution in [0.2, 0.25) is 5.02 Å². The second-order valence-corrected chi connectivity index (χ2v) is 5.11. The average Bonchev–Trinajstić information content (AvgIpc) is 2.83. The lowest BCUT2D eigenvalue weighted by atomic mass is 10.1. The molecule has 4 heteroatoms. The van der Waals surface area contributed by atoms with Crippen LogP contribution in [0.25, 0.3) is 0 Å². The SMILES string of the molecule is OC1(c2ccc(Cl)cc2)C=CN(Cc2ccccc2)O1. The first-order valence-electron chi connectivity index (χ1n) is 6.33. The van der Waals surface area contributed by atoms with E-state index in [9.17, 15) is 5.11 Å². The number of hydroxylamine groups is 2. The Morgan fingerprint density at radius 2 is 1.75 bits per heavy atom. The Balaban J connectivity index is 1.73. The summed E-state index contributed by atoms with van der Waals surface area (Å²) in [6.45, 7) is 0.577. The summed E-state index contributed by atoms with van der Waals surface area (Å²) in [4.78, 5) is 5.61. The van der Waals surface area contributed by atoms with E-state index in [1.54, 1.807) is 41.6 Å². The van der Waals surface area contributed by atoms with Gasteiger partial charge < -0.3 is 5.11 Å². The van der Waals surface area contributed by atoms with Crippen molar-refractivity contribution in [2.75, 3.05) is 0 Å². The molecule has 1 atom stereocenters. The normalized spacial score (nSPS) is 21.4. The molecule has 0 bridgehead atoms. The third kappa shape index (κ3) is 2.70. The molecule has 0 spiro atoms. The molecular weight excluding hydrogens is 274 g/mol. The highest BCUT2D eigenvalue weighted by Gasteiger charge is 2.34. The first kappa shape index (κ1) is 13.2. The molecular formula is C16H14ClNO2. The second kappa shape index (κ2) is 5.29. The van der Waals surface area contributed by atoms with Crippen LogP contribution in [0.5, 0.6) is 0 Å². The molecule has 1 N–H and O–H groups in total. The number of nitrogens with zero attached hydrogens (tertiary/aromatic N) is 1. The number of benzene rings is 2. The van der Waals surface area contributed by atoms with Crippen LogP contribution in [-0.2, 0) is 17.2 Å². The predicted molar refractivity (Wildman–Crippen MR) is 77.6 cm³/mol. The van der Waals surface area contributed by atoms with Gasteiger partial charge in [0, 0.05) is 16.8 Å². The van der Waals surface area contributed by atoms with Crippen LogP contribution in [-0.4, -0.2) is 10.2 Å². The lowest BCUT2D eigenvalue weighted by molar-refractivity contribution is -0.280. The molecule has 0 saturated carbocycles. The van der Waals surface area contributed by atoms with E-state index in [-0.39, 0.29) is 0 Å². The predicted octanol–water partition coefficient (Wildman–Crippen LogP) is 3.45. The molecule has 2 aromatic carbocycles. The van der Waals surface area contributed by atoms with Gasteiger partial charge in [-0.25, -0.2) is 4.84 Å². The molecule has 102 valence electrons. The minimum absolute atomic E-state index is 0.577. The van der Waals surface area contributed by atoms with Gasteiger partial charge in [-0.05, 0) is 23.8 Å². The van der Waals surface area contributed by atoms with Gasteiger partial charge in [-0.3, -0.25) is 5.06 Å². The number of hydrogen-bond acceptors (Lipinski definition) is 3. The maximum atomic E-state index is 10.5. The van der Waals surface area contributed by atoms with Crippen LogP contribution in [0, 0.1) is 0 Å². The zero-order valence-corrected chi connectivity index (χ0v) is 11.5. The minimum atomic E-state index is -1.43. The molecule has 1 heterocycles. The molecule has 1 aliphatic rings. The van der Waals surface area contributed by atoms with Gasteiger partial charge >= 0.3 is 0 Å². The lowest BCUT2D eigenvalue weighted by Crippen LogP contribution is -2.28. The van der Waals surface area contributed by atoms with E-state index in [4.69, 9.17) is 16.4 Å². The molecule has 20 heavy (non-hydrogen) atoms. The third-order valence-corrected chi connectivity index (χ3v) is 3.41. The van der Waals surface area contributed by atoms with Crippen LogP contribution < -0.4 is 0 Å². The first-order chi connectivity index (χ1) is 9.66. The quantitative estimate of drug-likeness (QED) is 0.938. The number of halogens is 1. The minimum Gasteiger partial charge on any atom is -0.357 e. The van der Waals surface area contributed by atoms with Gasteiger partial charge in [0.2, 0.25) is 5.79 Å². The van der Waals surface area contributed by atoms with Gasteiger partial charge in [-0.15, -0.1) is 0 Å². The molecule has 0 aliphatic carbocycles. The summed E-state index contributed by atoms with van der Waals surface area (Å²) in [6, 6.07) is 16.9. The summed E-state index contributed by atoms with van der Waals surface area (Å²) in [5.74, 6) is -1.43. The maximum Gasteiger partial charge on any atom is 0.238 e. The van der Waals surface area contributed by atoms with Crippen molar-refractivity contribution >= 4 is 11.6 Å². The highest BCUT2D eigenvalue weighted by Crippen LogP contribution is 2.32. The second-order valence-electron chi connectivity index (χ2n) is 4.67. The van der Waals surface area contributed by atoms with Crippen LogP contribution in [0.1, 0.15) is 11.1 Å². The number of rotatable bonds is 3. The van der Waals surface area contributed by atoms with Crippen molar-refractivity contribution < 1.29 is 9.94 Å². The standard InChI is InChI=1S/C16H14ClNO2/c17-15-8-6-14(7-9-15)16(19)10-11-18(20-16)12-13-4-2-1-3-5-13/h1-11,19H,12H2. The van der Waals surface area contributed by atoms with E-state index < -0.39 is 5.79 Å². The van der Waals surface area contributed by atoms with Gasteiger partial charge in [0.05, 0.1) is 6.54 Å². The van der Waals surface area contributed by atoms with E-state index in [0.29, 0.717) is 17.1 Å². The number of hydrogen-bond donors (Lipinski definition) is 1. The first-order valence-corrected chi connectivity index (χ1v) is 6.71. The van der Waals surface area contributed by atoms with Crippen LogP contribution in [0.15, 0.2) is 66.9 Å². The Morgan fingerprint density at radius 1 is 1.05 bits per heavy atom. The van der Waals surface area contributed by atoms with Crippen LogP contribution in [0.4, 0.5) is 0 Å². The van der Waals surface area contributed by atoms with Gasteiger partial charge in [0.1, 0.15) is 0 Å². The van der Waals surface area contributed by atoms with Crippen LogP contribution in [0.3, 0.4) is 0 Å². The molecule has 1 unspecified atom stereocenters. The van der Waals surface area contributed by atoms with E-state index in [1.807, 2.05) is 30.3 Å². The molecule has 0 fully saturated rings. The summed E-state index contributed by atoms with van der Waals surface area (Å²) in [5, 5.41) is 12.7. The van der Waals surface area contributed by atoms with Crippen molar-refractivity contribution in [2.45, 2.75) is 12.3 Å². The van der Waals surface area contributed by atoms with Gasteiger partial charge in [-0.2, -0.15) is 0 Å². The lowest BCUT2D eigenvalue weighted by Gasteiger charge is -2.24. The summed E-state index contributed by atoms with van der Waals surface area (Å²) in [6.07, 6.45) is 3.36. The Hall–Kier alpha value is -1.81. The molecule has 0 aromatic heterocycles. The number of aliphatic hydroxyl groups is 1. The van der Waals surface area contributed by atoms with Crippen molar-refractivity contribution in [1.29, 1.82) is 0 Å². The summed E-state index contributed by atoms with van der Waals surface area (Å²) >= 11 is 5.85. The Bertz CT molecular complexity index is 612. The summed E-state index contributed by atoms with van der Waals surface area (Å²) in [5.41, 5.74) is 1.76. The molecule has 2 aromatic rings. The van der Waals surface area contributed by atoms with Crippen molar-refractivity contribution in [2.24, 2.45) is 0 Å². The summed E-state index contributed by atoms with van der Waals surface area (Å²) < 4.78 is 0. The molecule has 0 radical (unpaired) electrons. The monoisotopic (exact) mass is 287 g/mol. The van der Waals surface area contributed by atoms with Gasteiger partial charge in [-0.1, -0.05) is 54.1 Å². The fourth-order valence-electron chi connectivity index (χ4n) is 2.11. The zero-order valence-electron chi connectivity index (χ0n) is 10.7. The third-order valence-electron chi connectivity index (χ3n) is 3.16. The van der Waals surface area contributed by atoms with Crippen LogP contribution >= 0.6 is 11.6 Å². The topological polar surface area (TPSA) is 32.7 Å². The van der Waals surface area contributed by atoms with Gasteiger partial charge in [0.15, 0.2) is 0 Å². The molecule has 3 nitrogen and oxygen atoms in total. The van der Waals surface area contributed by atoms with Gasteiger partial charge in [0.25, 0.3) is 0 Å². The maximum absolute atomic E-state index is 10.5. The smallest absolute Gasteiger partial charge is 0.238 e. The summed E-state index contributed by atoms with van der Waals surface area (Å²) in [7, 11) is 0. The zero-order chi connectivity index (χ0) is 14.0. The highest BCUT2D eigenvalue weighted by molar-refractivity contribution is 6.30. The van der Waals surface area contributed by atoms with E-state index in [1.165, 1.54) is 0 Å². The molecule has 3 rings (SSSR count). The van der Waals surface area contributed by atoms with Crippen molar-refractivity contribution in [1.82, 2.24) is 5.06 Å². The highest BCUT2D eigenvalue weighted by atomic mass is 35.5. The van der Waals surface area contributed by atoms with Crippen molar-refractivity contribution in [3.63, 3.8) is 0 Å². The largest absolute Gasteiger partial charge is 0.357 e. The molecule has 1 aliphatic heterocycles. The Labute approximate surface area is 122 Å². The average molecular weight is 288 g/mol. The molecule has 0 amide bonds. The van der Waals surface area contributed by atoms with E-state index >= 15 is 0 Å². The van der Waals surface area contributed by atoms with Crippen molar-refractivity contribution in [3.05, 3.63) is 83.0 Å². The van der Waals surface area contributed by atoms with Crippen molar-refractivity contribution in [3.8, 4) is 0 Å². The van der Waals surface area contributed by atoms with E-state index in [0.717, 1.165) is 5.56 Å². The Kier molecular flexibility index (Phi) is 3.49. The molecule has 0 saturated heterocycles. The Morgan fingerprint density at radius 3 is 2.45 bits per heavy atom. The fourth-order valence-corrected chi connectivity index (χ4v) is 2.24. The van der Waals surface area contributed by atoms with E-state index in [2.05, 4.69) is 0 Å².